The third-order valence-corrected chi connectivity index (χ3v) is 3.09. The van der Waals surface area contributed by atoms with Crippen LogP contribution < -0.4 is 10.2 Å². The highest BCUT2D eigenvalue weighted by Crippen LogP contribution is 2.24. The van der Waals surface area contributed by atoms with Crippen LogP contribution in [0, 0.1) is 0 Å². The molecule has 0 atom stereocenters. The van der Waals surface area contributed by atoms with E-state index in [9.17, 15) is 9.59 Å². The van der Waals surface area contributed by atoms with E-state index < -0.39 is 0 Å². The van der Waals surface area contributed by atoms with Crippen molar-refractivity contribution in [3.63, 3.8) is 0 Å². The van der Waals surface area contributed by atoms with Crippen molar-refractivity contribution in [1.82, 2.24) is 10.3 Å². The molecule has 17 heavy (non-hydrogen) atoms. The molecule has 3 heterocycles. The number of ketones is 1. The van der Waals surface area contributed by atoms with Crippen LogP contribution in [0.5, 0.6) is 0 Å². The SMILES string of the molecule is O=C1CCN(c2nc3c(o2)CNCC3)C(=O)C1. The highest BCUT2D eigenvalue weighted by molar-refractivity contribution is 6.07. The highest BCUT2D eigenvalue weighted by atomic mass is 16.4. The second-order valence-corrected chi connectivity index (χ2v) is 4.30. The first-order valence-electron chi connectivity index (χ1n) is 5.75. The molecule has 6 heteroatoms. The van der Waals surface area contributed by atoms with E-state index >= 15 is 0 Å². The monoisotopic (exact) mass is 235 g/mol. The molecule has 90 valence electrons. The molecule has 0 aromatic carbocycles. The normalized spacial score (nSPS) is 20.6. The van der Waals surface area contributed by atoms with Gasteiger partial charge in [-0.3, -0.25) is 14.5 Å². The van der Waals surface area contributed by atoms with Gasteiger partial charge in [-0.05, 0) is 0 Å². The fourth-order valence-corrected chi connectivity index (χ4v) is 2.14. The number of Topliss-reactive ketones (excluding diaryl/α,β-unsaturated/α-hetero) is 1. The van der Waals surface area contributed by atoms with Gasteiger partial charge in [-0.2, -0.15) is 4.98 Å². The maximum absolute atomic E-state index is 11.7. The first kappa shape index (κ1) is 10.5. The van der Waals surface area contributed by atoms with Crippen molar-refractivity contribution >= 4 is 17.7 Å². The molecule has 0 saturated carbocycles. The minimum atomic E-state index is -0.215. The molecule has 1 N–H and O–H groups in total. The van der Waals surface area contributed by atoms with E-state index in [-0.39, 0.29) is 18.1 Å². The Hall–Kier alpha value is -1.69. The predicted molar refractivity (Wildman–Crippen MR) is 58.5 cm³/mol. The highest BCUT2D eigenvalue weighted by Gasteiger charge is 2.29. The smallest absolute Gasteiger partial charge is 0.304 e. The minimum Gasteiger partial charge on any atom is -0.427 e. The van der Waals surface area contributed by atoms with Crippen molar-refractivity contribution in [2.24, 2.45) is 0 Å². The molecule has 1 fully saturated rings. The van der Waals surface area contributed by atoms with Crippen LogP contribution in [0.3, 0.4) is 0 Å². The molecule has 0 bridgehead atoms. The van der Waals surface area contributed by atoms with Crippen LogP contribution >= 0.6 is 0 Å². The molecular formula is C11H13N3O3. The predicted octanol–water partition coefficient (Wildman–Crippen LogP) is 0.0162. The molecule has 1 amide bonds. The van der Waals surface area contributed by atoms with Gasteiger partial charge in [0.25, 0.3) is 0 Å². The molecular weight excluding hydrogens is 222 g/mol. The fourth-order valence-electron chi connectivity index (χ4n) is 2.14. The van der Waals surface area contributed by atoms with Crippen LogP contribution in [0.4, 0.5) is 6.01 Å². The lowest BCUT2D eigenvalue weighted by Crippen LogP contribution is -2.39. The van der Waals surface area contributed by atoms with Crippen LogP contribution in [0.2, 0.25) is 0 Å². The summed E-state index contributed by atoms with van der Waals surface area (Å²) in [6.45, 7) is 1.92. The van der Waals surface area contributed by atoms with Crippen molar-refractivity contribution in [3.8, 4) is 0 Å². The molecule has 0 radical (unpaired) electrons. The van der Waals surface area contributed by atoms with Gasteiger partial charge in [-0.25, -0.2) is 0 Å². The first-order valence-corrected chi connectivity index (χ1v) is 5.75. The van der Waals surface area contributed by atoms with E-state index in [0.29, 0.717) is 25.5 Å². The van der Waals surface area contributed by atoms with E-state index in [4.69, 9.17) is 4.42 Å². The van der Waals surface area contributed by atoms with Gasteiger partial charge in [0.1, 0.15) is 11.5 Å². The Labute approximate surface area is 98.0 Å². The largest absolute Gasteiger partial charge is 0.427 e. The van der Waals surface area contributed by atoms with Gasteiger partial charge in [-0.15, -0.1) is 0 Å². The molecule has 2 aliphatic rings. The zero-order valence-electron chi connectivity index (χ0n) is 9.36. The van der Waals surface area contributed by atoms with E-state index in [1.807, 2.05) is 0 Å². The van der Waals surface area contributed by atoms with Crippen molar-refractivity contribution in [2.45, 2.75) is 25.8 Å². The Morgan fingerprint density at radius 2 is 2.18 bits per heavy atom. The van der Waals surface area contributed by atoms with Gasteiger partial charge in [-0.1, -0.05) is 0 Å². The minimum absolute atomic E-state index is 0.00997. The number of nitrogens with one attached hydrogen (secondary N) is 1. The molecule has 0 aliphatic carbocycles. The molecule has 2 aliphatic heterocycles. The van der Waals surface area contributed by atoms with Crippen LogP contribution in [0.15, 0.2) is 4.42 Å². The molecule has 6 nitrogen and oxygen atoms in total. The lowest BCUT2D eigenvalue weighted by molar-refractivity contribution is -0.128. The number of carbonyl (C=O) groups excluding carboxylic acids is 2. The summed E-state index contributed by atoms with van der Waals surface area (Å²) in [6.07, 6.45) is 1.17. The maximum atomic E-state index is 11.7. The average Bonchev–Trinajstić information content (AvgIpc) is 2.72. The van der Waals surface area contributed by atoms with Crippen LogP contribution in [0.25, 0.3) is 0 Å². The van der Waals surface area contributed by atoms with Gasteiger partial charge in [0.15, 0.2) is 0 Å². The van der Waals surface area contributed by atoms with Crippen molar-refractivity contribution in [3.05, 3.63) is 11.5 Å². The molecule has 1 saturated heterocycles. The number of piperidine rings is 1. The van der Waals surface area contributed by atoms with Crippen LogP contribution in [0.1, 0.15) is 24.3 Å². The number of rotatable bonds is 1. The summed E-state index contributed by atoms with van der Waals surface area (Å²) < 4.78 is 5.57. The number of anilines is 1. The van der Waals surface area contributed by atoms with E-state index in [1.165, 1.54) is 4.90 Å². The Kier molecular flexibility index (Phi) is 2.44. The molecule has 0 unspecified atom stereocenters. The van der Waals surface area contributed by atoms with Crippen LogP contribution in [-0.2, 0) is 22.6 Å². The maximum Gasteiger partial charge on any atom is 0.304 e. The zero-order valence-corrected chi connectivity index (χ0v) is 9.36. The fraction of sp³-hybridized carbons (Fsp3) is 0.545. The molecule has 1 aromatic heterocycles. The summed E-state index contributed by atoms with van der Waals surface area (Å²) in [4.78, 5) is 28.7. The number of aromatic nitrogens is 1. The molecule has 1 aromatic rings. The Morgan fingerprint density at radius 3 is 2.94 bits per heavy atom. The van der Waals surface area contributed by atoms with Gasteiger partial charge in [0.05, 0.1) is 18.7 Å². The van der Waals surface area contributed by atoms with E-state index in [1.54, 1.807) is 0 Å². The van der Waals surface area contributed by atoms with Crippen molar-refractivity contribution in [2.75, 3.05) is 18.0 Å². The summed E-state index contributed by atoms with van der Waals surface area (Å²) in [6, 6.07) is 0.344. The topological polar surface area (TPSA) is 75.4 Å². The van der Waals surface area contributed by atoms with E-state index in [0.717, 1.165) is 24.4 Å². The summed E-state index contributed by atoms with van der Waals surface area (Å²) in [5.41, 5.74) is 0.920. The first-order chi connectivity index (χ1) is 8.24. The summed E-state index contributed by atoms with van der Waals surface area (Å²) >= 11 is 0. The Balaban J connectivity index is 1.86. The van der Waals surface area contributed by atoms with Gasteiger partial charge >= 0.3 is 6.01 Å². The van der Waals surface area contributed by atoms with Crippen LogP contribution in [-0.4, -0.2) is 29.8 Å². The lowest BCUT2D eigenvalue weighted by Gasteiger charge is -2.21. The Bertz CT molecular complexity index is 457. The standard InChI is InChI=1S/C11H13N3O3/c15-7-2-4-14(10(16)5-7)11-13-8-1-3-12-6-9(8)17-11/h12H,1-6H2. The second kappa shape index (κ2) is 3.96. The van der Waals surface area contributed by atoms with Gasteiger partial charge in [0, 0.05) is 25.9 Å². The third kappa shape index (κ3) is 1.84. The molecule has 3 rings (SSSR count). The Morgan fingerprint density at radius 1 is 1.29 bits per heavy atom. The van der Waals surface area contributed by atoms with Crippen molar-refractivity contribution < 1.29 is 14.0 Å². The number of carbonyl (C=O) groups is 2. The lowest BCUT2D eigenvalue weighted by atomic mass is 10.1. The van der Waals surface area contributed by atoms with Gasteiger partial charge < -0.3 is 9.73 Å². The molecule has 0 spiro atoms. The number of amides is 1. The number of hydrogen-bond acceptors (Lipinski definition) is 5. The summed E-state index contributed by atoms with van der Waals surface area (Å²) in [5.74, 6) is 0.577. The number of oxazole rings is 1. The zero-order chi connectivity index (χ0) is 11.8. The van der Waals surface area contributed by atoms with Gasteiger partial charge in [0.2, 0.25) is 5.91 Å². The third-order valence-electron chi connectivity index (χ3n) is 3.09. The summed E-state index contributed by atoms with van der Waals surface area (Å²) in [5, 5.41) is 3.18. The quantitative estimate of drug-likeness (QED) is 0.694. The van der Waals surface area contributed by atoms with Crippen molar-refractivity contribution in [1.29, 1.82) is 0 Å². The average molecular weight is 235 g/mol. The number of hydrogen-bond donors (Lipinski definition) is 1. The number of fused-ring (bicyclic) bond motifs is 1. The number of nitrogens with zero attached hydrogens (tertiary/aromatic N) is 2. The van der Waals surface area contributed by atoms with E-state index in [2.05, 4.69) is 10.3 Å². The summed E-state index contributed by atoms with van der Waals surface area (Å²) in [7, 11) is 0. The second-order valence-electron chi connectivity index (χ2n) is 4.30.